The number of aryl methyl sites for hydroxylation is 1. The van der Waals surface area contributed by atoms with Crippen molar-refractivity contribution in [2.24, 2.45) is 0 Å². The summed E-state index contributed by atoms with van der Waals surface area (Å²) in [5.41, 5.74) is 2.39. The minimum atomic E-state index is -0.604. The predicted octanol–water partition coefficient (Wildman–Crippen LogP) is 2.89. The molecule has 0 saturated heterocycles. The molecule has 0 aliphatic carbocycles. The number of rotatable bonds is 4. The third-order valence-electron chi connectivity index (χ3n) is 3.18. The van der Waals surface area contributed by atoms with Gasteiger partial charge in [0.05, 0.1) is 11.8 Å². The van der Waals surface area contributed by atoms with Gasteiger partial charge in [-0.3, -0.25) is 9.78 Å². The first-order chi connectivity index (χ1) is 9.58. The average molecular weight is 272 g/mol. The first kappa shape index (κ1) is 14.2. The van der Waals surface area contributed by atoms with Crippen LogP contribution in [0, 0.1) is 12.7 Å². The van der Waals surface area contributed by atoms with E-state index in [1.807, 2.05) is 38.1 Å². The van der Waals surface area contributed by atoms with Crippen molar-refractivity contribution in [3.63, 3.8) is 0 Å². The molecule has 3 nitrogen and oxygen atoms in total. The van der Waals surface area contributed by atoms with Crippen molar-refractivity contribution in [1.29, 1.82) is 0 Å². The van der Waals surface area contributed by atoms with Gasteiger partial charge in [-0.15, -0.1) is 0 Å². The van der Waals surface area contributed by atoms with Crippen LogP contribution in [0.1, 0.15) is 28.4 Å². The molecule has 0 saturated carbocycles. The summed E-state index contributed by atoms with van der Waals surface area (Å²) in [6.45, 7) is 3.94. The van der Waals surface area contributed by atoms with Gasteiger partial charge in [0.2, 0.25) is 0 Å². The Morgan fingerprint density at radius 3 is 2.80 bits per heavy atom. The van der Waals surface area contributed by atoms with E-state index in [4.69, 9.17) is 0 Å². The zero-order valence-corrected chi connectivity index (χ0v) is 11.6. The number of benzene rings is 1. The molecule has 104 valence electrons. The number of halogens is 1. The van der Waals surface area contributed by atoms with E-state index >= 15 is 0 Å². The molecule has 1 aromatic carbocycles. The van der Waals surface area contributed by atoms with Crippen LogP contribution in [0.5, 0.6) is 0 Å². The van der Waals surface area contributed by atoms with Crippen LogP contribution in [-0.2, 0) is 6.42 Å². The number of nitrogens with one attached hydrogen (secondary N) is 1. The second kappa shape index (κ2) is 6.28. The largest absolute Gasteiger partial charge is 0.349 e. The number of nitrogens with zero attached hydrogens (tertiary/aromatic N) is 1. The highest BCUT2D eigenvalue weighted by Crippen LogP contribution is 2.10. The molecule has 2 aromatic rings. The molecule has 2 rings (SSSR count). The smallest absolute Gasteiger partial charge is 0.254 e. The van der Waals surface area contributed by atoms with Gasteiger partial charge in [0.1, 0.15) is 0 Å². The van der Waals surface area contributed by atoms with Gasteiger partial charge in [-0.1, -0.05) is 24.3 Å². The minimum absolute atomic E-state index is 0.0247. The highest BCUT2D eigenvalue weighted by Gasteiger charge is 2.14. The Hall–Kier alpha value is -2.23. The molecular formula is C16H17FN2O. The predicted molar refractivity (Wildman–Crippen MR) is 76.0 cm³/mol. The van der Waals surface area contributed by atoms with E-state index in [1.54, 1.807) is 0 Å². The van der Waals surface area contributed by atoms with Gasteiger partial charge in [-0.05, 0) is 37.5 Å². The summed E-state index contributed by atoms with van der Waals surface area (Å²) < 4.78 is 13.5. The van der Waals surface area contributed by atoms with Gasteiger partial charge < -0.3 is 5.32 Å². The van der Waals surface area contributed by atoms with Crippen molar-refractivity contribution in [3.05, 3.63) is 65.2 Å². The van der Waals surface area contributed by atoms with E-state index in [0.29, 0.717) is 6.42 Å². The van der Waals surface area contributed by atoms with Crippen LogP contribution in [0.2, 0.25) is 0 Å². The first-order valence-corrected chi connectivity index (χ1v) is 6.53. The van der Waals surface area contributed by atoms with Crippen molar-refractivity contribution in [1.82, 2.24) is 10.3 Å². The van der Waals surface area contributed by atoms with E-state index in [2.05, 4.69) is 10.3 Å². The Morgan fingerprint density at radius 2 is 2.10 bits per heavy atom. The van der Waals surface area contributed by atoms with Gasteiger partial charge in [-0.2, -0.15) is 0 Å². The SMILES string of the molecule is Cc1ccccc1CC(C)NC(=O)c1ccncc1F. The Kier molecular flexibility index (Phi) is 4.45. The number of aromatic nitrogens is 1. The second-order valence-corrected chi connectivity index (χ2v) is 4.86. The van der Waals surface area contributed by atoms with E-state index in [1.165, 1.54) is 23.4 Å². The minimum Gasteiger partial charge on any atom is -0.349 e. The van der Waals surface area contributed by atoms with Crippen molar-refractivity contribution >= 4 is 5.91 Å². The molecule has 0 radical (unpaired) electrons. The summed E-state index contributed by atoms with van der Waals surface area (Å²) in [5.74, 6) is -1.01. The number of amides is 1. The molecular weight excluding hydrogens is 255 g/mol. The number of hydrogen-bond acceptors (Lipinski definition) is 2. The van der Waals surface area contributed by atoms with Crippen molar-refractivity contribution in [2.75, 3.05) is 0 Å². The monoisotopic (exact) mass is 272 g/mol. The maximum Gasteiger partial charge on any atom is 0.254 e. The van der Waals surface area contributed by atoms with Crippen LogP contribution < -0.4 is 5.32 Å². The summed E-state index contributed by atoms with van der Waals surface area (Å²) in [6.07, 6.45) is 3.16. The fraction of sp³-hybridized carbons (Fsp3) is 0.250. The number of carbonyl (C=O) groups is 1. The molecule has 1 atom stereocenters. The summed E-state index contributed by atoms with van der Waals surface area (Å²) in [7, 11) is 0. The fourth-order valence-corrected chi connectivity index (χ4v) is 2.08. The molecule has 0 bridgehead atoms. The lowest BCUT2D eigenvalue weighted by Gasteiger charge is -2.15. The Bertz CT molecular complexity index is 613. The average Bonchev–Trinajstić information content (AvgIpc) is 2.41. The van der Waals surface area contributed by atoms with Crippen LogP contribution in [0.15, 0.2) is 42.7 Å². The molecule has 4 heteroatoms. The van der Waals surface area contributed by atoms with E-state index in [0.717, 1.165) is 6.20 Å². The van der Waals surface area contributed by atoms with Crippen LogP contribution in [0.4, 0.5) is 4.39 Å². The maximum atomic E-state index is 13.5. The maximum absolute atomic E-state index is 13.5. The molecule has 0 aliphatic heterocycles. The van der Waals surface area contributed by atoms with Crippen molar-refractivity contribution in [3.8, 4) is 0 Å². The van der Waals surface area contributed by atoms with E-state index in [9.17, 15) is 9.18 Å². The lowest BCUT2D eigenvalue weighted by Crippen LogP contribution is -2.34. The van der Waals surface area contributed by atoms with Crippen molar-refractivity contribution < 1.29 is 9.18 Å². The molecule has 1 amide bonds. The summed E-state index contributed by atoms with van der Waals surface area (Å²) >= 11 is 0. The van der Waals surface area contributed by atoms with Crippen LogP contribution in [-0.4, -0.2) is 16.9 Å². The van der Waals surface area contributed by atoms with Gasteiger partial charge in [0, 0.05) is 12.2 Å². The molecule has 20 heavy (non-hydrogen) atoms. The van der Waals surface area contributed by atoms with Gasteiger partial charge >= 0.3 is 0 Å². The summed E-state index contributed by atoms with van der Waals surface area (Å²) in [6, 6.07) is 9.33. The van der Waals surface area contributed by atoms with Gasteiger partial charge in [0.15, 0.2) is 5.82 Å². The Balaban J connectivity index is 2.02. The molecule has 1 aromatic heterocycles. The zero-order valence-electron chi connectivity index (χ0n) is 11.6. The van der Waals surface area contributed by atoms with E-state index < -0.39 is 11.7 Å². The lowest BCUT2D eigenvalue weighted by atomic mass is 10.0. The van der Waals surface area contributed by atoms with E-state index in [-0.39, 0.29) is 11.6 Å². The number of carbonyl (C=O) groups excluding carboxylic acids is 1. The van der Waals surface area contributed by atoms with Crippen LogP contribution in [0.3, 0.4) is 0 Å². The molecule has 0 fully saturated rings. The topological polar surface area (TPSA) is 42.0 Å². The Morgan fingerprint density at radius 1 is 1.35 bits per heavy atom. The second-order valence-electron chi connectivity index (χ2n) is 4.86. The quantitative estimate of drug-likeness (QED) is 0.930. The zero-order chi connectivity index (χ0) is 14.5. The third-order valence-corrected chi connectivity index (χ3v) is 3.18. The molecule has 0 spiro atoms. The summed E-state index contributed by atoms with van der Waals surface area (Å²) in [4.78, 5) is 15.6. The number of pyridine rings is 1. The van der Waals surface area contributed by atoms with Gasteiger partial charge in [-0.25, -0.2) is 4.39 Å². The molecule has 1 N–H and O–H groups in total. The fourth-order valence-electron chi connectivity index (χ4n) is 2.08. The van der Waals surface area contributed by atoms with Crippen LogP contribution >= 0.6 is 0 Å². The highest BCUT2D eigenvalue weighted by molar-refractivity contribution is 5.94. The normalized spacial score (nSPS) is 11.9. The molecule has 1 heterocycles. The Labute approximate surface area is 117 Å². The van der Waals surface area contributed by atoms with Crippen molar-refractivity contribution in [2.45, 2.75) is 26.3 Å². The molecule has 0 aliphatic rings. The highest BCUT2D eigenvalue weighted by atomic mass is 19.1. The standard InChI is InChI=1S/C16H17FN2O/c1-11-5-3-4-6-13(11)9-12(2)19-16(20)14-7-8-18-10-15(14)17/h3-8,10,12H,9H2,1-2H3,(H,19,20). The third kappa shape index (κ3) is 3.41. The molecule has 1 unspecified atom stereocenters. The first-order valence-electron chi connectivity index (χ1n) is 6.53. The number of hydrogen-bond donors (Lipinski definition) is 1. The summed E-state index contributed by atoms with van der Waals surface area (Å²) in [5, 5.41) is 2.81. The van der Waals surface area contributed by atoms with Crippen LogP contribution in [0.25, 0.3) is 0 Å². The lowest BCUT2D eigenvalue weighted by molar-refractivity contribution is 0.0936. The van der Waals surface area contributed by atoms with Gasteiger partial charge in [0.25, 0.3) is 5.91 Å².